The molecule has 1 saturated carbocycles. The van der Waals surface area contributed by atoms with Gasteiger partial charge in [0.2, 0.25) is 0 Å². The van der Waals surface area contributed by atoms with Crippen molar-refractivity contribution in [3.63, 3.8) is 0 Å². The standard InChI is InChI=1S/C19H37NO/c1-5-6-7-12-20-14-19(15-20,21-4)13-17-8-10-18(11-9-17)16(2)3/h16-18H,5-15H2,1-4H3. The molecule has 1 aliphatic carbocycles. The van der Waals surface area contributed by atoms with E-state index in [1.165, 1.54) is 71.0 Å². The monoisotopic (exact) mass is 295 g/mol. The molecule has 2 aliphatic rings. The van der Waals surface area contributed by atoms with Gasteiger partial charge in [0.15, 0.2) is 0 Å². The highest BCUT2D eigenvalue weighted by Gasteiger charge is 2.44. The molecule has 0 spiro atoms. The van der Waals surface area contributed by atoms with E-state index in [4.69, 9.17) is 4.74 Å². The van der Waals surface area contributed by atoms with Gasteiger partial charge in [-0.3, -0.25) is 4.90 Å². The third-order valence-corrected chi connectivity index (χ3v) is 6.03. The van der Waals surface area contributed by atoms with Crippen molar-refractivity contribution in [1.82, 2.24) is 4.90 Å². The first-order valence-electron chi connectivity index (χ1n) is 9.36. The predicted molar refractivity (Wildman–Crippen MR) is 90.6 cm³/mol. The molecule has 1 saturated heterocycles. The van der Waals surface area contributed by atoms with Crippen molar-refractivity contribution in [2.24, 2.45) is 17.8 Å². The van der Waals surface area contributed by atoms with Gasteiger partial charge in [0.25, 0.3) is 0 Å². The summed E-state index contributed by atoms with van der Waals surface area (Å²) in [6.45, 7) is 10.7. The molecule has 2 nitrogen and oxygen atoms in total. The van der Waals surface area contributed by atoms with Crippen molar-refractivity contribution in [2.45, 2.75) is 77.7 Å². The quantitative estimate of drug-likeness (QED) is 0.600. The zero-order chi connectivity index (χ0) is 15.3. The number of ether oxygens (including phenoxy) is 1. The van der Waals surface area contributed by atoms with E-state index in [1.54, 1.807) is 0 Å². The minimum absolute atomic E-state index is 0.196. The van der Waals surface area contributed by atoms with Crippen molar-refractivity contribution in [3.8, 4) is 0 Å². The van der Waals surface area contributed by atoms with Crippen molar-refractivity contribution < 1.29 is 4.74 Å². The second-order valence-corrected chi connectivity index (χ2v) is 8.03. The van der Waals surface area contributed by atoms with Gasteiger partial charge < -0.3 is 4.74 Å². The van der Waals surface area contributed by atoms with E-state index >= 15 is 0 Å². The number of likely N-dealkylation sites (tertiary alicyclic amines) is 1. The normalized spacial score (nSPS) is 29.6. The number of hydrogen-bond donors (Lipinski definition) is 0. The molecule has 0 amide bonds. The van der Waals surface area contributed by atoms with Crippen LogP contribution in [0.5, 0.6) is 0 Å². The van der Waals surface area contributed by atoms with E-state index in [1.807, 2.05) is 7.11 Å². The Morgan fingerprint density at radius 3 is 2.29 bits per heavy atom. The van der Waals surface area contributed by atoms with Crippen molar-refractivity contribution in [3.05, 3.63) is 0 Å². The lowest BCUT2D eigenvalue weighted by molar-refractivity contribution is -0.138. The first-order chi connectivity index (χ1) is 10.1. The first-order valence-corrected chi connectivity index (χ1v) is 9.36. The van der Waals surface area contributed by atoms with Crippen LogP contribution in [0.15, 0.2) is 0 Å². The second kappa shape index (κ2) is 7.97. The molecule has 124 valence electrons. The summed E-state index contributed by atoms with van der Waals surface area (Å²) < 4.78 is 5.95. The van der Waals surface area contributed by atoms with Crippen LogP contribution in [-0.2, 0) is 4.74 Å². The molecule has 0 aromatic rings. The molecule has 1 heterocycles. The molecule has 0 unspecified atom stereocenters. The molecule has 0 radical (unpaired) electrons. The lowest BCUT2D eigenvalue weighted by atomic mass is 9.72. The number of hydrogen-bond acceptors (Lipinski definition) is 2. The number of rotatable bonds is 8. The Kier molecular flexibility index (Phi) is 6.55. The third-order valence-electron chi connectivity index (χ3n) is 6.03. The molecular weight excluding hydrogens is 258 g/mol. The summed E-state index contributed by atoms with van der Waals surface area (Å²) in [6, 6.07) is 0. The molecule has 0 N–H and O–H groups in total. The van der Waals surface area contributed by atoms with Crippen LogP contribution >= 0.6 is 0 Å². The zero-order valence-corrected chi connectivity index (χ0v) is 14.9. The summed E-state index contributed by atoms with van der Waals surface area (Å²) in [5, 5.41) is 0. The molecule has 2 rings (SSSR count). The highest BCUT2D eigenvalue weighted by atomic mass is 16.5. The Morgan fingerprint density at radius 2 is 1.76 bits per heavy atom. The third kappa shape index (κ3) is 4.69. The summed E-state index contributed by atoms with van der Waals surface area (Å²) in [5.74, 6) is 2.77. The molecule has 0 aromatic heterocycles. The van der Waals surface area contributed by atoms with E-state index in [-0.39, 0.29) is 5.60 Å². The number of unbranched alkanes of at least 4 members (excludes halogenated alkanes) is 2. The lowest BCUT2D eigenvalue weighted by Crippen LogP contribution is -2.63. The number of methoxy groups -OCH3 is 1. The zero-order valence-electron chi connectivity index (χ0n) is 14.9. The fraction of sp³-hybridized carbons (Fsp3) is 1.00. The average molecular weight is 296 g/mol. The molecular formula is C19H37NO. The van der Waals surface area contributed by atoms with Crippen LogP contribution < -0.4 is 0 Å². The van der Waals surface area contributed by atoms with Crippen LogP contribution in [0.25, 0.3) is 0 Å². The first kappa shape index (κ1) is 17.3. The highest BCUT2D eigenvalue weighted by Crippen LogP contribution is 2.40. The highest BCUT2D eigenvalue weighted by molar-refractivity contribution is 4.98. The van der Waals surface area contributed by atoms with Crippen LogP contribution in [0.4, 0.5) is 0 Å². The number of nitrogens with zero attached hydrogens (tertiary/aromatic N) is 1. The Hall–Kier alpha value is -0.0800. The van der Waals surface area contributed by atoms with Gasteiger partial charge in [0, 0.05) is 20.2 Å². The van der Waals surface area contributed by atoms with Gasteiger partial charge in [-0.15, -0.1) is 0 Å². The van der Waals surface area contributed by atoms with Gasteiger partial charge in [-0.2, -0.15) is 0 Å². The van der Waals surface area contributed by atoms with Crippen LogP contribution in [0.1, 0.15) is 72.1 Å². The van der Waals surface area contributed by atoms with Crippen LogP contribution in [0, 0.1) is 17.8 Å². The second-order valence-electron chi connectivity index (χ2n) is 8.03. The molecule has 2 heteroatoms. The largest absolute Gasteiger partial charge is 0.376 e. The van der Waals surface area contributed by atoms with E-state index in [9.17, 15) is 0 Å². The fourth-order valence-corrected chi connectivity index (χ4v) is 4.44. The molecule has 0 atom stereocenters. The van der Waals surface area contributed by atoms with Crippen molar-refractivity contribution in [1.29, 1.82) is 0 Å². The molecule has 1 aliphatic heterocycles. The Bertz CT molecular complexity index is 288. The molecule has 2 fully saturated rings. The molecule has 0 bridgehead atoms. The minimum Gasteiger partial charge on any atom is -0.376 e. The van der Waals surface area contributed by atoms with Crippen LogP contribution in [0.3, 0.4) is 0 Å². The Morgan fingerprint density at radius 1 is 1.10 bits per heavy atom. The van der Waals surface area contributed by atoms with Crippen LogP contribution in [-0.4, -0.2) is 37.2 Å². The molecule has 21 heavy (non-hydrogen) atoms. The van der Waals surface area contributed by atoms with E-state index in [0.717, 1.165) is 17.8 Å². The van der Waals surface area contributed by atoms with Gasteiger partial charge in [0.05, 0.1) is 5.60 Å². The SMILES string of the molecule is CCCCCN1CC(CC2CCC(C(C)C)CC2)(OC)C1. The predicted octanol–water partition coefficient (Wildman–Crippen LogP) is 4.73. The van der Waals surface area contributed by atoms with Crippen molar-refractivity contribution >= 4 is 0 Å². The summed E-state index contributed by atoms with van der Waals surface area (Å²) in [7, 11) is 1.93. The van der Waals surface area contributed by atoms with Gasteiger partial charge in [-0.1, -0.05) is 46.5 Å². The summed E-state index contributed by atoms with van der Waals surface area (Å²) >= 11 is 0. The summed E-state index contributed by atoms with van der Waals surface area (Å²) in [4.78, 5) is 2.60. The van der Waals surface area contributed by atoms with Crippen molar-refractivity contribution in [2.75, 3.05) is 26.7 Å². The average Bonchev–Trinajstić information content (AvgIpc) is 2.45. The summed E-state index contributed by atoms with van der Waals surface area (Å²) in [6.07, 6.45) is 11.1. The smallest absolute Gasteiger partial charge is 0.0933 e. The fourth-order valence-electron chi connectivity index (χ4n) is 4.44. The van der Waals surface area contributed by atoms with Gasteiger partial charge in [0.1, 0.15) is 0 Å². The van der Waals surface area contributed by atoms with E-state index in [2.05, 4.69) is 25.7 Å². The maximum atomic E-state index is 5.95. The Labute approximate surface area is 132 Å². The molecule has 0 aromatic carbocycles. The lowest BCUT2D eigenvalue weighted by Gasteiger charge is -2.51. The van der Waals surface area contributed by atoms with Gasteiger partial charge in [-0.25, -0.2) is 0 Å². The van der Waals surface area contributed by atoms with Crippen LogP contribution in [0.2, 0.25) is 0 Å². The minimum atomic E-state index is 0.196. The topological polar surface area (TPSA) is 12.5 Å². The maximum absolute atomic E-state index is 5.95. The van der Waals surface area contributed by atoms with E-state index in [0.29, 0.717) is 0 Å². The Balaban J connectivity index is 1.70. The van der Waals surface area contributed by atoms with Gasteiger partial charge >= 0.3 is 0 Å². The maximum Gasteiger partial charge on any atom is 0.0933 e. The summed E-state index contributed by atoms with van der Waals surface area (Å²) in [5.41, 5.74) is 0.196. The van der Waals surface area contributed by atoms with E-state index < -0.39 is 0 Å². The van der Waals surface area contributed by atoms with Gasteiger partial charge in [-0.05, 0) is 50.0 Å².